The van der Waals surface area contributed by atoms with Gasteiger partial charge >= 0.3 is 5.69 Å². The molecular formula is C17H17BrN6O4. The molecule has 0 spiro atoms. The van der Waals surface area contributed by atoms with E-state index in [2.05, 4.69) is 31.4 Å². The Labute approximate surface area is 168 Å². The minimum atomic E-state index is -0.498. The number of ether oxygens (including phenoxy) is 1. The lowest BCUT2D eigenvalue weighted by Gasteiger charge is -2.06. The van der Waals surface area contributed by atoms with Crippen molar-refractivity contribution in [2.45, 2.75) is 27.1 Å². The molecule has 0 unspecified atom stereocenters. The summed E-state index contributed by atoms with van der Waals surface area (Å²) in [6.07, 6.45) is 3.12. The predicted octanol–water partition coefficient (Wildman–Crippen LogP) is 3.04. The monoisotopic (exact) mass is 448 g/mol. The van der Waals surface area contributed by atoms with E-state index < -0.39 is 4.92 Å². The normalized spacial score (nSPS) is 10.7. The first-order valence-electron chi connectivity index (χ1n) is 8.22. The Morgan fingerprint density at radius 2 is 2.04 bits per heavy atom. The number of rotatable bonds is 7. The smallest absolute Gasteiger partial charge is 0.312 e. The van der Waals surface area contributed by atoms with Crippen LogP contribution in [-0.4, -0.2) is 30.4 Å². The largest absolute Gasteiger partial charge is 0.471 e. The Morgan fingerprint density at radius 3 is 2.68 bits per heavy atom. The SMILES string of the molecule is Cc1nn(CC(=O)Nc2cnn(COc3ccc(Br)cc3)c2)c(C)c1[N+](=O)[O-]. The van der Waals surface area contributed by atoms with E-state index in [0.29, 0.717) is 17.1 Å². The first-order chi connectivity index (χ1) is 13.3. The number of aryl methyl sites for hydroxylation is 1. The molecule has 3 rings (SSSR count). The van der Waals surface area contributed by atoms with Gasteiger partial charge in [-0.3, -0.25) is 19.6 Å². The minimum absolute atomic E-state index is 0.0780. The third-order valence-corrected chi connectivity index (χ3v) is 4.44. The van der Waals surface area contributed by atoms with Crippen molar-refractivity contribution >= 4 is 33.2 Å². The molecule has 2 aromatic heterocycles. The average Bonchev–Trinajstić information content (AvgIpc) is 3.18. The van der Waals surface area contributed by atoms with Crippen LogP contribution in [0.15, 0.2) is 41.1 Å². The fourth-order valence-electron chi connectivity index (χ4n) is 2.61. The van der Waals surface area contributed by atoms with Crippen LogP contribution >= 0.6 is 15.9 Å². The van der Waals surface area contributed by atoms with E-state index in [-0.39, 0.29) is 30.6 Å². The topological polar surface area (TPSA) is 117 Å². The van der Waals surface area contributed by atoms with Crippen LogP contribution in [0.5, 0.6) is 5.75 Å². The van der Waals surface area contributed by atoms with Crippen LogP contribution in [0.3, 0.4) is 0 Å². The molecule has 146 valence electrons. The molecule has 0 bridgehead atoms. The molecule has 28 heavy (non-hydrogen) atoms. The van der Waals surface area contributed by atoms with Gasteiger partial charge in [-0.25, -0.2) is 4.68 Å². The summed E-state index contributed by atoms with van der Waals surface area (Å²) < 4.78 is 9.40. The summed E-state index contributed by atoms with van der Waals surface area (Å²) in [5.74, 6) is 0.323. The molecule has 1 N–H and O–H groups in total. The van der Waals surface area contributed by atoms with Crippen molar-refractivity contribution in [2.24, 2.45) is 0 Å². The minimum Gasteiger partial charge on any atom is -0.471 e. The van der Waals surface area contributed by atoms with Crippen LogP contribution in [0.1, 0.15) is 11.4 Å². The van der Waals surface area contributed by atoms with E-state index in [1.165, 1.54) is 22.5 Å². The van der Waals surface area contributed by atoms with E-state index in [9.17, 15) is 14.9 Å². The summed E-state index contributed by atoms with van der Waals surface area (Å²) >= 11 is 3.36. The fourth-order valence-corrected chi connectivity index (χ4v) is 2.88. The molecule has 0 aliphatic rings. The highest BCUT2D eigenvalue weighted by atomic mass is 79.9. The lowest BCUT2D eigenvalue weighted by atomic mass is 10.3. The molecule has 0 atom stereocenters. The summed E-state index contributed by atoms with van der Waals surface area (Å²) in [6, 6.07) is 7.38. The van der Waals surface area contributed by atoms with Crippen LogP contribution in [0.2, 0.25) is 0 Å². The molecule has 1 amide bonds. The highest BCUT2D eigenvalue weighted by molar-refractivity contribution is 9.10. The number of aromatic nitrogens is 4. The van der Waals surface area contributed by atoms with Crippen LogP contribution in [0.25, 0.3) is 0 Å². The zero-order valence-electron chi connectivity index (χ0n) is 15.1. The Bertz CT molecular complexity index is 1010. The number of amides is 1. The van der Waals surface area contributed by atoms with Crippen molar-refractivity contribution in [1.29, 1.82) is 0 Å². The van der Waals surface area contributed by atoms with Crippen LogP contribution in [0, 0.1) is 24.0 Å². The second-order valence-corrected chi connectivity index (χ2v) is 6.89. The highest BCUT2D eigenvalue weighted by Gasteiger charge is 2.22. The van der Waals surface area contributed by atoms with Crippen molar-refractivity contribution < 1.29 is 14.5 Å². The van der Waals surface area contributed by atoms with Gasteiger partial charge in [0.2, 0.25) is 5.91 Å². The molecule has 0 aliphatic carbocycles. The molecule has 0 saturated heterocycles. The van der Waals surface area contributed by atoms with E-state index in [0.717, 1.165) is 4.47 Å². The van der Waals surface area contributed by atoms with Gasteiger partial charge in [-0.1, -0.05) is 15.9 Å². The second-order valence-electron chi connectivity index (χ2n) is 5.98. The van der Waals surface area contributed by atoms with Gasteiger partial charge in [0, 0.05) is 4.47 Å². The Balaban J connectivity index is 1.57. The fraction of sp³-hybridized carbons (Fsp3) is 0.235. The lowest BCUT2D eigenvalue weighted by Crippen LogP contribution is -2.20. The van der Waals surface area contributed by atoms with Crippen molar-refractivity contribution in [3.8, 4) is 5.75 Å². The Hall–Kier alpha value is -3.21. The van der Waals surface area contributed by atoms with E-state index in [1.54, 1.807) is 13.1 Å². The number of nitrogens with one attached hydrogen (secondary N) is 1. The number of hydrogen-bond acceptors (Lipinski definition) is 6. The number of halogens is 1. The highest BCUT2D eigenvalue weighted by Crippen LogP contribution is 2.21. The molecule has 0 radical (unpaired) electrons. The molecule has 11 heteroatoms. The summed E-state index contributed by atoms with van der Waals surface area (Å²) in [7, 11) is 0. The first-order valence-corrected chi connectivity index (χ1v) is 9.02. The number of hydrogen-bond donors (Lipinski definition) is 1. The summed E-state index contributed by atoms with van der Waals surface area (Å²) in [5.41, 5.74) is 1.01. The number of carbonyl (C=O) groups is 1. The van der Waals surface area contributed by atoms with Gasteiger partial charge in [0.15, 0.2) is 6.73 Å². The third-order valence-electron chi connectivity index (χ3n) is 3.91. The number of benzene rings is 1. The van der Waals surface area contributed by atoms with E-state index in [1.807, 2.05) is 24.3 Å². The van der Waals surface area contributed by atoms with Gasteiger partial charge in [-0.05, 0) is 38.1 Å². The molecule has 0 fully saturated rings. The summed E-state index contributed by atoms with van der Waals surface area (Å²) in [4.78, 5) is 22.8. The molecule has 10 nitrogen and oxygen atoms in total. The van der Waals surface area contributed by atoms with Crippen LogP contribution in [-0.2, 0) is 18.1 Å². The van der Waals surface area contributed by atoms with Gasteiger partial charge < -0.3 is 10.1 Å². The zero-order chi connectivity index (χ0) is 20.3. The van der Waals surface area contributed by atoms with Crippen molar-refractivity contribution in [2.75, 3.05) is 5.32 Å². The van der Waals surface area contributed by atoms with Gasteiger partial charge in [0.05, 0.1) is 23.0 Å². The predicted molar refractivity (Wildman–Crippen MR) is 104 cm³/mol. The lowest BCUT2D eigenvalue weighted by molar-refractivity contribution is -0.386. The molecule has 0 saturated carbocycles. The molecular weight excluding hydrogens is 432 g/mol. The number of nitrogens with zero attached hydrogens (tertiary/aromatic N) is 5. The summed E-state index contributed by atoms with van der Waals surface area (Å²) in [6.45, 7) is 3.14. The Morgan fingerprint density at radius 1 is 1.32 bits per heavy atom. The Kier molecular flexibility index (Phi) is 5.73. The summed E-state index contributed by atoms with van der Waals surface area (Å²) in [5, 5.41) is 21.9. The third kappa shape index (κ3) is 4.55. The number of anilines is 1. The maximum absolute atomic E-state index is 12.2. The maximum atomic E-state index is 12.2. The van der Waals surface area contributed by atoms with E-state index >= 15 is 0 Å². The first kappa shape index (κ1) is 19.5. The second kappa shape index (κ2) is 8.21. The van der Waals surface area contributed by atoms with Crippen molar-refractivity contribution in [3.63, 3.8) is 0 Å². The van der Waals surface area contributed by atoms with E-state index in [4.69, 9.17) is 4.74 Å². The van der Waals surface area contributed by atoms with Gasteiger partial charge in [-0.2, -0.15) is 10.2 Å². The number of nitro groups is 1. The standard InChI is InChI=1S/C17H17BrN6O4/c1-11-17(24(26)27)12(2)23(21-11)9-16(25)20-14-7-19-22(8-14)10-28-15-5-3-13(18)4-6-15/h3-8H,9-10H2,1-2H3,(H,20,25). The average molecular weight is 449 g/mol. The van der Waals surface area contributed by atoms with Crippen molar-refractivity contribution in [3.05, 3.63) is 62.6 Å². The quantitative estimate of drug-likeness (QED) is 0.438. The van der Waals surface area contributed by atoms with Crippen LogP contribution < -0.4 is 10.1 Å². The van der Waals surface area contributed by atoms with Gasteiger partial charge in [0.25, 0.3) is 0 Å². The van der Waals surface area contributed by atoms with Crippen LogP contribution in [0.4, 0.5) is 11.4 Å². The van der Waals surface area contributed by atoms with Gasteiger partial charge in [-0.15, -0.1) is 0 Å². The molecule has 3 aromatic rings. The van der Waals surface area contributed by atoms with Gasteiger partial charge in [0.1, 0.15) is 23.7 Å². The molecule has 0 aliphatic heterocycles. The zero-order valence-corrected chi connectivity index (χ0v) is 16.7. The maximum Gasteiger partial charge on any atom is 0.312 e. The number of carbonyl (C=O) groups excluding carboxylic acids is 1. The van der Waals surface area contributed by atoms with Crippen molar-refractivity contribution in [1.82, 2.24) is 19.6 Å². The molecule has 1 aromatic carbocycles. The molecule has 2 heterocycles.